The van der Waals surface area contributed by atoms with Gasteiger partial charge >= 0.3 is 0 Å². The van der Waals surface area contributed by atoms with E-state index in [-0.39, 0.29) is 0 Å². The van der Waals surface area contributed by atoms with Crippen molar-refractivity contribution in [3.05, 3.63) is 23.0 Å². The fourth-order valence-corrected chi connectivity index (χ4v) is 2.17. The third-order valence-corrected chi connectivity index (χ3v) is 3.39. The van der Waals surface area contributed by atoms with Gasteiger partial charge in [-0.2, -0.15) is 0 Å². The summed E-state index contributed by atoms with van der Waals surface area (Å²) >= 11 is 0. The topological polar surface area (TPSA) is 39.2 Å². The van der Waals surface area contributed by atoms with Crippen LogP contribution in [0, 0.1) is 19.8 Å². The Kier molecular flexibility index (Phi) is 3.46. The van der Waals surface area contributed by atoms with Gasteiger partial charge in [-0.05, 0) is 33.1 Å². The van der Waals surface area contributed by atoms with Crippen LogP contribution in [0.5, 0.6) is 5.75 Å². The number of aryl methyl sites for hydroxylation is 2. The van der Waals surface area contributed by atoms with Crippen molar-refractivity contribution in [1.82, 2.24) is 4.98 Å². The Morgan fingerprint density at radius 1 is 1.47 bits per heavy atom. The summed E-state index contributed by atoms with van der Waals surface area (Å²) in [4.78, 5) is 16.1. The molecule has 1 fully saturated rings. The summed E-state index contributed by atoms with van der Waals surface area (Å²) in [5.74, 6) is 1.64. The predicted molar refractivity (Wildman–Crippen MR) is 66.3 cm³/mol. The van der Waals surface area contributed by atoms with Gasteiger partial charge in [0.1, 0.15) is 11.5 Å². The monoisotopic (exact) mass is 233 g/mol. The van der Waals surface area contributed by atoms with Gasteiger partial charge in [-0.3, -0.25) is 9.78 Å². The zero-order valence-corrected chi connectivity index (χ0v) is 10.7. The largest absolute Gasteiger partial charge is 0.496 e. The molecule has 0 amide bonds. The zero-order valence-electron chi connectivity index (χ0n) is 10.7. The predicted octanol–water partition coefficient (Wildman–Crippen LogP) is 2.62. The van der Waals surface area contributed by atoms with E-state index in [2.05, 4.69) is 4.98 Å². The lowest BCUT2D eigenvalue weighted by Gasteiger charge is -2.11. The van der Waals surface area contributed by atoms with E-state index in [4.69, 9.17) is 4.74 Å². The Balaban J connectivity index is 2.07. The first-order chi connectivity index (χ1) is 8.13. The molecule has 2 rings (SSSR count). The summed E-state index contributed by atoms with van der Waals surface area (Å²) in [5.41, 5.74) is 3.10. The molecule has 0 N–H and O–H groups in total. The summed E-state index contributed by atoms with van der Waals surface area (Å²) in [6.45, 7) is 3.99. The van der Waals surface area contributed by atoms with Gasteiger partial charge in [-0.25, -0.2) is 0 Å². The average Bonchev–Trinajstić information content (AvgIpc) is 3.12. The molecule has 3 nitrogen and oxygen atoms in total. The molecular formula is C14H19NO2. The highest BCUT2D eigenvalue weighted by molar-refractivity contribution is 5.83. The summed E-state index contributed by atoms with van der Waals surface area (Å²) in [6, 6.07) is 0. The molecule has 1 heterocycles. The molecule has 1 aromatic rings. The average molecular weight is 233 g/mol. The van der Waals surface area contributed by atoms with E-state index in [1.165, 1.54) is 0 Å². The van der Waals surface area contributed by atoms with Crippen LogP contribution in [0.15, 0.2) is 6.20 Å². The molecule has 0 bridgehead atoms. The standard InChI is InChI=1S/C14H19NO2/c1-9-8-15-12(10(2)14(9)17-3)6-7-13(16)11-4-5-11/h8,11H,4-7H2,1-3H3. The maximum atomic E-state index is 11.7. The lowest BCUT2D eigenvalue weighted by Crippen LogP contribution is -2.05. The van der Waals surface area contributed by atoms with Crippen LogP contribution >= 0.6 is 0 Å². The quantitative estimate of drug-likeness (QED) is 0.784. The fourth-order valence-electron chi connectivity index (χ4n) is 2.17. The number of carbonyl (C=O) groups is 1. The number of carbonyl (C=O) groups excluding carboxylic acids is 1. The first-order valence-corrected chi connectivity index (χ1v) is 6.15. The van der Waals surface area contributed by atoms with Crippen molar-refractivity contribution < 1.29 is 9.53 Å². The molecule has 1 aliphatic carbocycles. The van der Waals surface area contributed by atoms with Gasteiger partial charge in [0.25, 0.3) is 0 Å². The second-order valence-electron chi connectivity index (χ2n) is 4.79. The molecule has 3 heteroatoms. The molecule has 0 spiro atoms. The summed E-state index contributed by atoms with van der Waals surface area (Å²) in [6.07, 6.45) is 5.34. The Hall–Kier alpha value is -1.38. The van der Waals surface area contributed by atoms with Gasteiger partial charge < -0.3 is 4.74 Å². The highest BCUT2D eigenvalue weighted by atomic mass is 16.5. The number of rotatable bonds is 5. The Morgan fingerprint density at radius 3 is 2.76 bits per heavy atom. The van der Waals surface area contributed by atoms with Crippen LogP contribution in [0.1, 0.15) is 36.1 Å². The number of methoxy groups -OCH3 is 1. The van der Waals surface area contributed by atoms with E-state index in [1.807, 2.05) is 20.0 Å². The highest BCUT2D eigenvalue weighted by Gasteiger charge is 2.28. The van der Waals surface area contributed by atoms with E-state index in [0.717, 1.165) is 41.8 Å². The molecule has 92 valence electrons. The number of nitrogens with zero attached hydrogens (tertiary/aromatic N) is 1. The second-order valence-corrected chi connectivity index (χ2v) is 4.79. The Bertz CT molecular complexity index is 436. The third kappa shape index (κ3) is 2.65. The van der Waals surface area contributed by atoms with Crippen LogP contribution in [-0.2, 0) is 11.2 Å². The minimum absolute atomic E-state index is 0.350. The number of Topliss-reactive ketones (excluding diaryl/α,β-unsaturated/α-hetero) is 1. The van der Waals surface area contributed by atoms with Crippen molar-refractivity contribution in [3.8, 4) is 5.75 Å². The maximum absolute atomic E-state index is 11.7. The first-order valence-electron chi connectivity index (χ1n) is 6.15. The van der Waals surface area contributed by atoms with Crippen molar-refractivity contribution in [1.29, 1.82) is 0 Å². The van der Waals surface area contributed by atoms with Crippen LogP contribution in [0.25, 0.3) is 0 Å². The number of hydrogen-bond donors (Lipinski definition) is 0. The van der Waals surface area contributed by atoms with E-state index in [9.17, 15) is 4.79 Å². The molecule has 0 atom stereocenters. The third-order valence-electron chi connectivity index (χ3n) is 3.39. The number of aromatic nitrogens is 1. The van der Waals surface area contributed by atoms with Crippen LogP contribution < -0.4 is 4.74 Å². The maximum Gasteiger partial charge on any atom is 0.136 e. The highest BCUT2D eigenvalue weighted by Crippen LogP contribution is 2.32. The van der Waals surface area contributed by atoms with Crippen LogP contribution in [0.4, 0.5) is 0 Å². The van der Waals surface area contributed by atoms with Gasteiger partial charge in [-0.15, -0.1) is 0 Å². The smallest absolute Gasteiger partial charge is 0.136 e. The normalized spacial score (nSPS) is 14.8. The summed E-state index contributed by atoms with van der Waals surface area (Å²) < 4.78 is 5.36. The Morgan fingerprint density at radius 2 is 2.18 bits per heavy atom. The van der Waals surface area contributed by atoms with Gasteiger partial charge in [-0.1, -0.05) is 0 Å². The number of hydrogen-bond acceptors (Lipinski definition) is 3. The fraction of sp³-hybridized carbons (Fsp3) is 0.571. The van der Waals surface area contributed by atoms with E-state index in [1.54, 1.807) is 7.11 Å². The van der Waals surface area contributed by atoms with Gasteiger partial charge in [0.05, 0.1) is 7.11 Å². The molecular weight excluding hydrogens is 214 g/mol. The second kappa shape index (κ2) is 4.86. The minimum Gasteiger partial charge on any atom is -0.496 e. The van der Waals surface area contributed by atoms with Crippen molar-refractivity contribution in [2.75, 3.05) is 7.11 Å². The zero-order chi connectivity index (χ0) is 12.4. The number of ketones is 1. The summed E-state index contributed by atoms with van der Waals surface area (Å²) in [7, 11) is 1.68. The number of ether oxygens (including phenoxy) is 1. The van der Waals surface area contributed by atoms with Crippen molar-refractivity contribution >= 4 is 5.78 Å². The van der Waals surface area contributed by atoms with E-state index >= 15 is 0 Å². The summed E-state index contributed by atoms with van der Waals surface area (Å²) in [5, 5.41) is 0. The molecule has 0 radical (unpaired) electrons. The van der Waals surface area contributed by atoms with E-state index in [0.29, 0.717) is 18.1 Å². The van der Waals surface area contributed by atoms with Crippen molar-refractivity contribution in [2.24, 2.45) is 5.92 Å². The van der Waals surface area contributed by atoms with Crippen LogP contribution in [0.2, 0.25) is 0 Å². The number of pyridine rings is 1. The molecule has 0 aromatic carbocycles. The lowest BCUT2D eigenvalue weighted by molar-refractivity contribution is -0.120. The Labute approximate surface area is 102 Å². The molecule has 0 unspecified atom stereocenters. The van der Waals surface area contributed by atoms with E-state index < -0.39 is 0 Å². The minimum atomic E-state index is 0.350. The molecule has 1 saturated carbocycles. The molecule has 1 aromatic heterocycles. The van der Waals surface area contributed by atoms with Gasteiger partial charge in [0.2, 0.25) is 0 Å². The SMILES string of the molecule is COc1c(C)cnc(CCC(=O)C2CC2)c1C. The lowest BCUT2D eigenvalue weighted by atomic mass is 10.0. The molecule has 0 saturated heterocycles. The van der Waals surface area contributed by atoms with Crippen LogP contribution in [-0.4, -0.2) is 17.9 Å². The van der Waals surface area contributed by atoms with Crippen molar-refractivity contribution in [2.45, 2.75) is 39.5 Å². The van der Waals surface area contributed by atoms with Gasteiger partial charge in [0, 0.05) is 35.4 Å². The molecule has 1 aliphatic rings. The van der Waals surface area contributed by atoms with Gasteiger partial charge in [0.15, 0.2) is 0 Å². The first kappa shape index (κ1) is 12.1. The van der Waals surface area contributed by atoms with Crippen LogP contribution in [0.3, 0.4) is 0 Å². The molecule has 17 heavy (non-hydrogen) atoms. The van der Waals surface area contributed by atoms with Crippen molar-refractivity contribution in [3.63, 3.8) is 0 Å². The molecule has 0 aliphatic heterocycles.